The second-order valence-corrected chi connectivity index (χ2v) is 4.97. The van der Waals surface area contributed by atoms with Gasteiger partial charge in [0.2, 0.25) is 0 Å². The summed E-state index contributed by atoms with van der Waals surface area (Å²) in [6, 6.07) is 0. The summed E-state index contributed by atoms with van der Waals surface area (Å²) in [7, 11) is -4.20. The topological polar surface area (TPSA) is 67.3 Å². The molecular formula is C5H3Br2NO3S. The van der Waals surface area contributed by atoms with E-state index in [1.54, 1.807) is 0 Å². The Labute approximate surface area is 86.0 Å². The zero-order chi connectivity index (χ0) is 9.35. The van der Waals surface area contributed by atoms with Crippen molar-refractivity contribution in [1.29, 1.82) is 0 Å². The molecule has 0 amide bonds. The fourth-order valence-corrected chi connectivity index (χ4v) is 3.40. The molecule has 0 bridgehead atoms. The number of hydrogen-bond acceptors (Lipinski definition) is 3. The van der Waals surface area contributed by atoms with E-state index in [0.717, 1.165) is 0 Å². The van der Waals surface area contributed by atoms with Crippen LogP contribution in [0.5, 0.6) is 0 Å². The fraction of sp³-hybridized carbons (Fsp3) is 0. The summed E-state index contributed by atoms with van der Waals surface area (Å²) >= 11 is 5.90. The van der Waals surface area contributed by atoms with Crippen LogP contribution in [0.4, 0.5) is 0 Å². The molecule has 0 aliphatic heterocycles. The molecule has 0 radical (unpaired) electrons. The van der Waals surface area contributed by atoms with Crippen molar-refractivity contribution in [3.63, 3.8) is 0 Å². The van der Waals surface area contributed by atoms with Crippen LogP contribution >= 0.6 is 31.9 Å². The lowest BCUT2D eigenvalue weighted by Crippen LogP contribution is -2.00. The van der Waals surface area contributed by atoms with E-state index in [-0.39, 0.29) is 13.8 Å². The molecule has 4 nitrogen and oxygen atoms in total. The summed E-state index contributed by atoms with van der Waals surface area (Å²) in [5.41, 5.74) is 0. The van der Waals surface area contributed by atoms with E-state index in [1.807, 2.05) is 0 Å². The number of aromatic nitrogens is 1. The Bertz CT molecular complexity index is 383. The zero-order valence-corrected chi connectivity index (χ0v) is 9.52. The quantitative estimate of drug-likeness (QED) is 0.803. The lowest BCUT2D eigenvalue weighted by Gasteiger charge is -2.01. The Hall–Kier alpha value is 0.0200. The highest BCUT2D eigenvalue weighted by atomic mass is 79.9. The molecule has 1 aromatic rings. The predicted molar refractivity (Wildman–Crippen MR) is 49.5 cm³/mol. The first-order chi connectivity index (χ1) is 5.43. The maximum Gasteiger partial charge on any atom is 0.296 e. The highest BCUT2D eigenvalue weighted by molar-refractivity contribution is 9.11. The Kier molecular flexibility index (Phi) is 2.87. The van der Waals surface area contributed by atoms with E-state index in [0.29, 0.717) is 0 Å². The minimum Gasteiger partial charge on any atom is -0.282 e. The van der Waals surface area contributed by atoms with Gasteiger partial charge in [0.25, 0.3) is 10.1 Å². The van der Waals surface area contributed by atoms with Gasteiger partial charge < -0.3 is 0 Å². The Morgan fingerprint density at radius 3 is 1.92 bits per heavy atom. The average molecular weight is 317 g/mol. The van der Waals surface area contributed by atoms with E-state index in [9.17, 15) is 8.42 Å². The SMILES string of the molecule is O=S(=O)(O)c1c(Br)cncc1Br. The van der Waals surface area contributed by atoms with Crippen LogP contribution in [0.15, 0.2) is 26.2 Å². The van der Waals surface area contributed by atoms with Crippen LogP contribution in [0.3, 0.4) is 0 Å². The summed E-state index contributed by atoms with van der Waals surface area (Å²) in [5.74, 6) is 0. The first-order valence-corrected chi connectivity index (χ1v) is 5.72. The van der Waals surface area contributed by atoms with E-state index in [1.165, 1.54) is 12.4 Å². The van der Waals surface area contributed by atoms with Gasteiger partial charge in [0.05, 0.1) is 8.95 Å². The van der Waals surface area contributed by atoms with Gasteiger partial charge in [-0.3, -0.25) is 9.54 Å². The summed E-state index contributed by atoms with van der Waals surface area (Å²) in [6.45, 7) is 0. The van der Waals surface area contributed by atoms with Crippen LogP contribution in [0.1, 0.15) is 0 Å². The Morgan fingerprint density at radius 1 is 1.25 bits per heavy atom. The van der Waals surface area contributed by atoms with Crippen molar-refractivity contribution < 1.29 is 13.0 Å². The number of pyridine rings is 1. The summed E-state index contributed by atoms with van der Waals surface area (Å²) < 4.78 is 30.7. The highest BCUT2D eigenvalue weighted by Gasteiger charge is 2.17. The lowest BCUT2D eigenvalue weighted by atomic mass is 10.5. The molecule has 0 saturated heterocycles. The van der Waals surface area contributed by atoms with Gasteiger partial charge in [-0.25, -0.2) is 0 Å². The molecule has 1 aromatic heterocycles. The summed E-state index contributed by atoms with van der Waals surface area (Å²) in [5, 5.41) is 0. The maximum atomic E-state index is 10.7. The standard InChI is InChI=1S/C5H3Br2NO3S/c6-3-1-8-2-4(7)5(3)12(9,10)11/h1-2H,(H,9,10,11). The third-order valence-electron chi connectivity index (χ3n) is 1.07. The average Bonchev–Trinajstić information content (AvgIpc) is 1.82. The van der Waals surface area contributed by atoms with Gasteiger partial charge in [-0.2, -0.15) is 8.42 Å². The smallest absolute Gasteiger partial charge is 0.282 e. The Morgan fingerprint density at radius 2 is 1.67 bits per heavy atom. The van der Waals surface area contributed by atoms with Gasteiger partial charge in [0.1, 0.15) is 4.90 Å². The van der Waals surface area contributed by atoms with Crippen molar-refractivity contribution in [3.05, 3.63) is 21.3 Å². The van der Waals surface area contributed by atoms with Crippen LogP contribution < -0.4 is 0 Å². The van der Waals surface area contributed by atoms with Crippen molar-refractivity contribution in [3.8, 4) is 0 Å². The molecule has 0 aliphatic rings. The van der Waals surface area contributed by atoms with E-state index < -0.39 is 10.1 Å². The molecule has 1 rings (SSSR count). The van der Waals surface area contributed by atoms with Crippen LogP contribution in [0.25, 0.3) is 0 Å². The van der Waals surface area contributed by atoms with Gasteiger partial charge in [0, 0.05) is 12.4 Å². The fourth-order valence-electron chi connectivity index (χ4n) is 0.646. The molecule has 66 valence electrons. The molecule has 7 heteroatoms. The molecule has 0 saturated carbocycles. The monoisotopic (exact) mass is 315 g/mol. The van der Waals surface area contributed by atoms with Gasteiger partial charge in [0.15, 0.2) is 0 Å². The van der Waals surface area contributed by atoms with Crippen LogP contribution in [0, 0.1) is 0 Å². The molecular weight excluding hydrogens is 314 g/mol. The largest absolute Gasteiger partial charge is 0.296 e. The zero-order valence-electron chi connectivity index (χ0n) is 5.53. The number of hydrogen-bond donors (Lipinski definition) is 1. The molecule has 0 aliphatic carbocycles. The third kappa shape index (κ3) is 2.03. The molecule has 1 N–H and O–H groups in total. The summed E-state index contributed by atoms with van der Waals surface area (Å²) in [6.07, 6.45) is 2.57. The van der Waals surface area contributed by atoms with Crippen LogP contribution in [-0.2, 0) is 10.1 Å². The van der Waals surface area contributed by atoms with Crippen molar-refractivity contribution in [2.24, 2.45) is 0 Å². The maximum absolute atomic E-state index is 10.7. The molecule has 0 fully saturated rings. The first kappa shape index (κ1) is 10.1. The molecule has 1 heterocycles. The Balaban J connectivity index is 3.53. The summed E-state index contributed by atoms with van der Waals surface area (Å²) in [4.78, 5) is 3.48. The van der Waals surface area contributed by atoms with E-state index in [2.05, 4.69) is 36.8 Å². The number of halogens is 2. The minimum atomic E-state index is -4.20. The van der Waals surface area contributed by atoms with E-state index >= 15 is 0 Å². The highest BCUT2D eigenvalue weighted by Crippen LogP contribution is 2.27. The third-order valence-corrected chi connectivity index (χ3v) is 3.75. The number of nitrogens with zero attached hydrogens (tertiary/aromatic N) is 1. The van der Waals surface area contributed by atoms with Crippen molar-refractivity contribution in [2.75, 3.05) is 0 Å². The van der Waals surface area contributed by atoms with Crippen LogP contribution in [-0.4, -0.2) is 18.0 Å². The lowest BCUT2D eigenvalue weighted by molar-refractivity contribution is 0.482. The van der Waals surface area contributed by atoms with Crippen molar-refractivity contribution >= 4 is 42.0 Å². The van der Waals surface area contributed by atoms with Crippen LogP contribution in [0.2, 0.25) is 0 Å². The van der Waals surface area contributed by atoms with Gasteiger partial charge >= 0.3 is 0 Å². The second kappa shape index (κ2) is 3.41. The van der Waals surface area contributed by atoms with Gasteiger partial charge in [-0.05, 0) is 31.9 Å². The normalized spacial score (nSPS) is 11.6. The molecule has 0 spiro atoms. The molecule has 0 aromatic carbocycles. The molecule has 0 unspecified atom stereocenters. The van der Waals surface area contributed by atoms with Gasteiger partial charge in [-0.15, -0.1) is 0 Å². The van der Waals surface area contributed by atoms with Gasteiger partial charge in [-0.1, -0.05) is 0 Å². The minimum absolute atomic E-state index is 0.211. The number of rotatable bonds is 1. The second-order valence-electron chi connectivity index (χ2n) is 1.91. The predicted octanol–water partition coefficient (Wildman–Crippen LogP) is 1.85. The van der Waals surface area contributed by atoms with Crippen molar-refractivity contribution in [1.82, 2.24) is 4.98 Å². The van der Waals surface area contributed by atoms with E-state index in [4.69, 9.17) is 4.55 Å². The molecule has 12 heavy (non-hydrogen) atoms. The molecule has 0 atom stereocenters. The first-order valence-electron chi connectivity index (χ1n) is 2.69. The van der Waals surface area contributed by atoms with Crippen molar-refractivity contribution in [2.45, 2.75) is 4.90 Å².